The van der Waals surface area contributed by atoms with Gasteiger partial charge in [0.15, 0.2) is 6.61 Å². The van der Waals surface area contributed by atoms with Gasteiger partial charge in [-0.1, -0.05) is 35.3 Å². The lowest BCUT2D eigenvalue weighted by Gasteiger charge is -2.13. The van der Waals surface area contributed by atoms with Crippen molar-refractivity contribution in [3.63, 3.8) is 0 Å². The molecule has 132 valence electrons. The Balaban J connectivity index is 2.01. The zero-order valence-corrected chi connectivity index (χ0v) is 13.9. The second kappa shape index (κ2) is 7.76. The monoisotopic (exact) mass is 391 g/mol. The number of ether oxygens (including phenoxy) is 1. The zero-order chi connectivity index (χ0) is 18.6. The van der Waals surface area contributed by atoms with Gasteiger partial charge in [-0.3, -0.25) is 4.79 Å². The molecule has 25 heavy (non-hydrogen) atoms. The van der Waals surface area contributed by atoms with Gasteiger partial charge in [0.2, 0.25) is 0 Å². The highest BCUT2D eigenvalue weighted by Crippen LogP contribution is 2.34. The molecule has 9 heteroatoms. The lowest BCUT2D eigenvalue weighted by Crippen LogP contribution is -2.22. The number of esters is 1. The van der Waals surface area contributed by atoms with Gasteiger partial charge < -0.3 is 10.1 Å². The van der Waals surface area contributed by atoms with Crippen LogP contribution in [-0.2, 0) is 15.7 Å². The minimum Gasteiger partial charge on any atom is -0.452 e. The van der Waals surface area contributed by atoms with Gasteiger partial charge in [0, 0.05) is 5.02 Å². The van der Waals surface area contributed by atoms with Crippen molar-refractivity contribution in [1.82, 2.24) is 0 Å². The molecule has 0 atom stereocenters. The molecular formula is C16H10Cl2F3NO3. The lowest BCUT2D eigenvalue weighted by molar-refractivity contribution is -0.137. The highest BCUT2D eigenvalue weighted by atomic mass is 35.5. The maximum atomic E-state index is 12.8. The van der Waals surface area contributed by atoms with Crippen LogP contribution in [0.2, 0.25) is 10.0 Å². The number of hydrogen-bond acceptors (Lipinski definition) is 3. The third-order valence-electron chi connectivity index (χ3n) is 2.99. The number of hydrogen-bond donors (Lipinski definition) is 1. The Morgan fingerprint density at radius 3 is 2.40 bits per heavy atom. The van der Waals surface area contributed by atoms with Crippen molar-refractivity contribution in [2.75, 3.05) is 11.9 Å². The molecule has 0 saturated heterocycles. The van der Waals surface area contributed by atoms with Crippen molar-refractivity contribution in [2.24, 2.45) is 0 Å². The van der Waals surface area contributed by atoms with Crippen LogP contribution in [0.15, 0.2) is 42.5 Å². The van der Waals surface area contributed by atoms with Crippen LogP contribution >= 0.6 is 23.2 Å². The lowest BCUT2D eigenvalue weighted by atomic mass is 10.1. The van der Waals surface area contributed by atoms with Gasteiger partial charge in [-0.2, -0.15) is 13.2 Å². The first kappa shape index (κ1) is 19.1. The van der Waals surface area contributed by atoms with E-state index in [1.807, 2.05) is 0 Å². The van der Waals surface area contributed by atoms with Crippen molar-refractivity contribution >= 4 is 40.8 Å². The SMILES string of the molecule is O=C(COC(=O)c1ccc(Cl)cc1Cl)Nc1ccccc1C(F)(F)F. The summed E-state index contributed by atoms with van der Waals surface area (Å²) in [6, 6.07) is 8.49. The summed E-state index contributed by atoms with van der Waals surface area (Å²) < 4.78 is 43.3. The summed E-state index contributed by atoms with van der Waals surface area (Å²) in [5.41, 5.74) is -1.45. The maximum Gasteiger partial charge on any atom is 0.418 e. The summed E-state index contributed by atoms with van der Waals surface area (Å²) in [4.78, 5) is 23.6. The molecule has 2 aromatic rings. The van der Waals surface area contributed by atoms with Gasteiger partial charge in [-0.15, -0.1) is 0 Å². The summed E-state index contributed by atoms with van der Waals surface area (Å²) >= 11 is 11.5. The molecule has 0 heterocycles. The molecule has 1 N–H and O–H groups in total. The Bertz CT molecular complexity index is 809. The predicted octanol–water partition coefficient (Wildman–Crippen LogP) is 4.81. The van der Waals surface area contributed by atoms with Gasteiger partial charge in [0.25, 0.3) is 5.91 Å². The second-order valence-corrected chi connectivity index (χ2v) is 5.64. The highest BCUT2D eigenvalue weighted by molar-refractivity contribution is 6.36. The summed E-state index contributed by atoms with van der Waals surface area (Å²) in [5, 5.41) is 2.39. The quantitative estimate of drug-likeness (QED) is 0.761. The van der Waals surface area contributed by atoms with E-state index >= 15 is 0 Å². The average Bonchev–Trinajstić information content (AvgIpc) is 2.52. The second-order valence-electron chi connectivity index (χ2n) is 4.79. The molecule has 0 aliphatic rings. The van der Waals surface area contributed by atoms with E-state index in [0.717, 1.165) is 12.1 Å². The Hall–Kier alpha value is -2.25. The van der Waals surface area contributed by atoms with E-state index in [9.17, 15) is 22.8 Å². The van der Waals surface area contributed by atoms with Crippen LogP contribution in [0.3, 0.4) is 0 Å². The fraction of sp³-hybridized carbons (Fsp3) is 0.125. The number of anilines is 1. The highest BCUT2D eigenvalue weighted by Gasteiger charge is 2.33. The summed E-state index contributed by atoms with van der Waals surface area (Å²) in [5.74, 6) is -1.82. The predicted molar refractivity (Wildman–Crippen MR) is 86.8 cm³/mol. The Morgan fingerprint density at radius 1 is 1.08 bits per heavy atom. The van der Waals surface area contributed by atoms with Crippen LogP contribution in [-0.4, -0.2) is 18.5 Å². The standard InChI is InChI=1S/C16H10Cl2F3NO3/c17-9-5-6-10(12(18)7-9)15(24)25-8-14(23)22-13-4-2-1-3-11(13)16(19,20)21/h1-7H,8H2,(H,22,23). The van der Waals surface area contributed by atoms with Crippen LogP contribution in [0.1, 0.15) is 15.9 Å². The van der Waals surface area contributed by atoms with Crippen LogP contribution in [0, 0.1) is 0 Å². The van der Waals surface area contributed by atoms with E-state index in [4.69, 9.17) is 27.9 Å². The number of rotatable bonds is 4. The van der Waals surface area contributed by atoms with Crippen LogP contribution in [0.4, 0.5) is 18.9 Å². The molecule has 0 saturated carbocycles. The third kappa shape index (κ3) is 5.11. The van der Waals surface area contributed by atoms with Gasteiger partial charge >= 0.3 is 12.1 Å². The third-order valence-corrected chi connectivity index (χ3v) is 3.54. The molecule has 0 fully saturated rings. The van der Waals surface area contributed by atoms with Gasteiger partial charge in [0.1, 0.15) is 0 Å². The maximum absolute atomic E-state index is 12.8. The first-order valence-electron chi connectivity index (χ1n) is 6.76. The fourth-order valence-corrected chi connectivity index (χ4v) is 2.38. The largest absolute Gasteiger partial charge is 0.452 e. The molecule has 0 aromatic heterocycles. The number of benzene rings is 2. The number of halogens is 5. The van der Waals surface area contributed by atoms with Crippen molar-refractivity contribution in [2.45, 2.75) is 6.18 Å². The normalized spacial score (nSPS) is 11.1. The molecule has 0 unspecified atom stereocenters. The molecule has 4 nitrogen and oxygen atoms in total. The molecular weight excluding hydrogens is 382 g/mol. The Kier molecular flexibility index (Phi) is 5.92. The van der Waals surface area contributed by atoms with E-state index in [1.54, 1.807) is 0 Å². The number of carbonyl (C=O) groups excluding carboxylic acids is 2. The van der Waals surface area contributed by atoms with E-state index < -0.39 is 35.9 Å². The van der Waals surface area contributed by atoms with Gasteiger partial charge in [-0.25, -0.2) is 4.79 Å². The molecule has 0 radical (unpaired) electrons. The number of alkyl halides is 3. The first-order chi connectivity index (χ1) is 11.7. The topological polar surface area (TPSA) is 55.4 Å². The zero-order valence-electron chi connectivity index (χ0n) is 12.4. The first-order valence-corrected chi connectivity index (χ1v) is 7.52. The van der Waals surface area contributed by atoms with Crippen LogP contribution in [0.5, 0.6) is 0 Å². The molecule has 2 rings (SSSR count). The summed E-state index contributed by atoms with van der Waals surface area (Å²) in [6.07, 6.45) is -4.63. The molecule has 1 amide bonds. The smallest absolute Gasteiger partial charge is 0.418 e. The van der Waals surface area contributed by atoms with Gasteiger partial charge in [0.05, 0.1) is 21.8 Å². The van der Waals surface area contributed by atoms with Gasteiger partial charge in [-0.05, 0) is 30.3 Å². The fourth-order valence-electron chi connectivity index (χ4n) is 1.89. The Labute approximate surface area is 150 Å². The average molecular weight is 392 g/mol. The molecule has 0 bridgehead atoms. The van der Waals surface area contributed by atoms with E-state index in [0.29, 0.717) is 5.02 Å². The van der Waals surface area contributed by atoms with Crippen LogP contribution in [0.25, 0.3) is 0 Å². The van der Waals surface area contributed by atoms with Crippen LogP contribution < -0.4 is 5.32 Å². The van der Waals surface area contributed by atoms with Crippen molar-refractivity contribution in [3.05, 3.63) is 63.6 Å². The number of amides is 1. The number of para-hydroxylation sites is 1. The minimum atomic E-state index is -4.63. The summed E-state index contributed by atoms with van der Waals surface area (Å²) in [7, 11) is 0. The molecule has 0 aliphatic heterocycles. The van der Waals surface area contributed by atoms with Crippen molar-refractivity contribution in [3.8, 4) is 0 Å². The van der Waals surface area contributed by atoms with Crippen molar-refractivity contribution in [1.29, 1.82) is 0 Å². The molecule has 0 aliphatic carbocycles. The van der Waals surface area contributed by atoms with E-state index in [2.05, 4.69) is 5.32 Å². The van der Waals surface area contributed by atoms with Crippen molar-refractivity contribution < 1.29 is 27.5 Å². The summed E-state index contributed by atoms with van der Waals surface area (Å²) in [6.45, 7) is -0.774. The Morgan fingerprint density at radius 2 is 1.76 bits per heavy atom. The number of nitrogens with one attached hydrogen (secondary N) is 1. The van der Waals surface area contributed by atoms with E-state index in [1.165, 1.54) is 30.3 Å². The minimum absolute atomic E-state index is 0.0189. The van der Waals surface area contributed by atoms with E-state index in [-0.39, 0.29) is 10.6 Å². The molecule has 2 aromatic carbocycles. The number of carbonyl (C=O) groups is 2. The molecule has 0 spiro atoms.